The molecule has 7 nitrogen and oxygen atoms in total. The van der Waals surface area contributed by atoms with Crippen LogP contribution in [-0.4, -0.2) is 44.2 Å². The number of carbonyl (C=O) groups is 1. The zero-order chi connectivity index (χ0) is 21.8. The molecule has 3 aromatic rings. The summed E-state index contributed by atoms with van der Waals surface area (Å²) in [7, 11) is 0. The van der Waals surface area contributed by atoms with Crippen molar-refractivity contribution in [1.29, 1.82) is 0 Å². The lowest BCUT2D eigenvalue weighted by molar-refractivity contribution is 0.103. The minimum atomic E-state index is -0.941. The highest BCUT2D eigenvalue weighted by molar-refractivity contribution is 7.98. The molecule has 0 spiro atoms. The summed E-state index contributed by atoms with van der Waals surface area (Å²) in [4.78, 5) is 24.3. The van der Waals surface area contributed by atoms with Crippen molar-refractivity contribution in [2.45, 2.75) is 33.7 Å². The van der Waals surface area contributed by atoms with Gasteiger partial charge in [0.1, 0.15) is 23.6 Å². The zero-order valence-corrected chi connectivity index (χ0v) is 18.0. The SMILES string of the molecule is CCN(CC)SNc1ccc(F)c(C(=O)c2c[nH]c3ncnc(NC(C)C)c23)c1F. The topological polar surface area (TPSA) is 85.9 Å². The number of carbonyl (C=O) groups excluding carboxylic acids is 1. The highest BCUT2D eigenvalue weighted by Gasteiger charge is 2.26. The fourth-order valence-corrected chi connectivity index (χ4v) is 3.61. The average Bonchev–Trinajstić information content (AvgIpc) is 3.15. The monoisotopic (exact) mass is 434 g/mol. The molecular formula is C20H24F2N6OS. The van der Waals surface area contributed by atoms with Crippen molar-refractivity contribution >= 4 is 40.5 Å². The number of H-pyrrole nitrogens is 1. The number of hydrogen-bond acceptors (Lipinski definition) is 7. The molecule has 2 heterocycles. The van der Waals surface area contributed by atoms with E-state index in [0.717, 1.165) is 19.2 Å². The first-order valence-corrected chi connectivity index (χ1v) is 10.4. The van der Waals surface area contributed by atoms with Gasteiger partial charge in [-0.15, -0.1) is 0 Å². The van der Waals surface area contributed by atoms with Crippen LogP contribution in [-0.2, 0) is 0 Å². The molecule has 0 fully saturated rings. The summed E-state index contributed by atoms with van der Waals surface area (Å²) in [5.74, 6) is -2.23. The molecule has 0 atom stereocenters. The summed E-state index contributed by atoms with van der Waals surface area (Å²) in [5, 5.41) is 3.53. The molecule has 0 bridgehead atoms. The minimum absolute atomic E-state index is 0.0354. The van der Waals surface area contributed by atoms with Crippen molar-refractivity contribution in [2.75, 3.05) is 23.1 Å². The molecule has 1 aromatic carbocycles. The van der Waals surface area contributed by atoms with Crippen LogP contribution in [0.25, 0.3) is 11.0 Å². The Morgan fingerprint density at radius 2 is 1.97 bits per heavy atom. The van der Waals surface area contributed by atoms with Crippen LogP contribution in [0.1, 0.15) is 43.6 Å². The lowest BCUT2D eigenvalue weighted by Crippen LogP contribution is -2.17. The lowest BCUT2D eigenvalue weighted by Gasteiger charge is -2.18. The Kier molecular flexibility index (Phi) is 6.88. The maximum Gasteiger partial charge on any atom is 0.201 e. The van der Waals surface area contributed by atoms with E-state index in [-0.39, 0.29) is 17.3 Å². The summed E-state index contributed by atoms with van der Waals surface area (Å²) in [5.41, 5.74) is -0.0857. The van der Waals surface area contributed by atoms with Crippen molar-refractivity contribution in [3.05, 3.63) is 47.4 Å². The third-order valence-corrected chi connectivity index (χ3v) is 5.53. The molecule has 0 radical (unpaired) electrons. The maximum atomic E-state index is 15.1. The number of nitrogens with zero attached hydrogens (tertiary/aromatic N) is 3. The van der Waals surface area contributed by atoms with Gasteiger partial charge in [-0.2, -0.15) is 0 Å². The molecule has 0 amide bonds. The molecule has 0 aliphatic rings. The van der Waals surface area contributed by atoms with Gasteiger partial charge < -0.3 is 15.0 Å². The van der Waals surface area contributed by atoms with Gasteiger partial charge in [0.15, 0.2) is 5.82 Å². The van der Waals surface area contributed by atoms with Crippen LogP contribution in [0.4, 0.5) is 20.3 Å². The first-order chi connectivity index (χ1) is 14.4. The van der Waals surface area contributed by atoms with Gasteiger partial charge in [-0.05, 0) is 26.0 Å². The first kappa shape index (κ1) is 22.0. The van der Waals surface area contributed by atoms with E-state index in [1.54, 1.807) is 0 Å². The van der Waals surface area contributed by atoms with Gasteiger partial charge in [0.25, 0.3) is 0 Å². The van der Waals surface area contributed by atoms with Crippen LogP contribution in [0.3, 0.4) is 0 Å². The van der Waals surface area contributed by atoms with Crippen molar-refractivity contribution in [3.63, 3.8) is 0 Å². The number of anilines is 2. The van der Waals surface area contributed by atoms with E-state index in [1.807, 2.05) is 32.0 Å². The first-order valence-electron chi connectivity index (χ1n) is 9.66. The van der Waals surface area contributed by atoms with Gasteiger partial charge in [0, 0.05) is 37.5 Å². The molecule has 0 aliphatic carbocycles. The van der Waals surface area contributed by atoms with E-state index in [2.05, 4.69) is 25.0 Å². The number of aromatic nitrogens is 3. The second-order valence-corrected chi connectivity index (χ2v) is 7.77. The van der Waals surface area contributed by atoms with Gasteiger partial charge in [-0.25, -0.2) is 23.1 Å². The number of aromatic amines is 1. The molecule has 0 aliphatic heterocycles. The van der Waals surface area contributed by atoms with Crippen LogP contribution in [0.2, 0.25) is 0 Å². The van der Waals surface area contributed by atoms with E-state index in [1.165, 1.54) is 30.7 Å². The fraction of sp³-hybridized carbons (Fsp3) is 0.350. The molecular weight excluding hydrogens is 410 g/mol. The number of benzene rings is 1. The Morgan fingerprint density at radius 1 is 1.23 bits per heavy atom. The van der Waals surface area contributed by atoms with E-state index >= 15 is 4.39 Å². The van der Waals surface area contributed by atoms with Gasteiger partial charge in [-0.3, -0.25) is 4.79 Å². The summed E-state index contributed by atoms with van der Waals surface area (Å²) in [6, 6.07) is 2.40. The Bertz CT molecular complexity index is 1050. The summed E-state index contributed by atoms with van der Waals surface area (Å²) in [6.45, 7) is 9.26. The van der Waals surface area contributed by atoms with Gasteiger partial charge in [0.2, 0.25) is 5.78 Å². The molecule has 30 heavy (non-hydrogen) atoms. The Labute approximate surface area is 177 Å². The Balaban J connectivity index is 2.02. The lowest BCUT2D eigenvalue weighted by atomic mass is 10.0. The molecule has 10 heteroatoms. The van der Waals surface area contributed by atoms with Crippen LogP contribution < -0.4 is 10.0 Å². The smallest absolute Gasteiger partial charge is 0.201 e. The zero-order valence-electron chi connectivity index (χ0n) is 17.2. The molecule has 160 valence electrons. The van der Waals surface area contributed by atoms with E-state index in [9.17, 15) is 9.18 Å². The van der Waals surface area contributed by atoms with Crippen molar-refractivity contribution in [1.82, 2.24) is 19.3 Å². The van der Waals surface area contributed by atoms with E-state index in [0.29, 0.717) is 16.9 Å². The van der Waals surface area contributed by atoms with E-state index in [4.69, 9.17) is 0 Å². The van der Waals surface area contributed by atoms with E-state index < -0.39 is 23.0 Å². The number of rotatable bonds is 9. The van der Waals surface area contributed by atoms with Crippen molar-refractivity contribution < 1.29 is 13.6 Å². The number of nitrogens with one attached hydrogen (secondary N) is 3. The number of halogens is 2. The third-order valence-electron chi connectivity index (χ3n) is 4.45. The normalized spacial score (nSPS) is 11.5. The molecule has 0 saturated carbocycles. The highest BCUT2D eigenvalue weighted by atomic mass is 32.2. The third kappa shape index (κ3) is 4.39. The minimum Gasteiger partial charge on any atom is -0.367 e. The van der Waals surface area contributed by atoms with Crippen LogP contribution in [0.15, 0.2) is 24.7 Å². The molecule has 0 unspecified atom stereocenters. The number of hydrogen-bond donors (Lipinski definition) is 3. The van der Waals surface area contributed by atoms with Crippen molar-refractivity contribution in [3.8, 4) is 0 Å². The fourth-order valence-electron chi connectivity index (χ4n) is 2.97. The molecule has 0 saturated heterocycles. The maximum absolute atomic E-state index is 15.1. The second kappa shape index (κ2) is 9.40. The molecule has 2 aromatic heterocycles. The average molecular weight is 435 g/mol. The predicted octanol–water partition coefficient (Wildman–Crippen LogP) is 4.60. The summed E-state index contributed by atoms with van der Waals surface area (Å²) >= 11 is 1.20. The van der Waals surface area contributed by atoms with Crippen LogP contribution >= 0.6 is 12.1 Å². The quantitative estimate of drug-likeness (QED) is 0.335. The van der Waals surface area contributed by atoms with Crippen LogP contribution in [0.5, 0.6) is 0 Å². The van der Waals surface area contributed by atoms with Gasteiger partial charge in [-0.1, -0.05) is 13.8 Å². The Hall–Kier alpha value is -2.72. The summed E-state index contributed by atoms with van der Waals surface area (Å²) in [6.07, 6.45) is 2.75. The Morgan fingerprint density at radius 3 is 2.63 bits per heavy atom. The number of ketones is 1. The van der Waals surface area contributed by atoms with Gasteiger partial charge in [0.05, 0.1) is 22.2 Å². The second-order valence-electron chi connectivity index (χ2n) is 6.87. The van der Waals surface area contributed by atoms with Crippen LogP contribution in [0, 0.1) is 11.6 Å². The number of fused-ring (bicyclic) bond motifs is 1. The molecule has 3 rings (SSSR count). The highest BCUT2D eigenvalue weighted by Crippen LogP contribution is 2.30. The summed E-state index contributed by atoms with van der Waals surface area (Å²) < 4.78 is 34.5. The molecule has 3 N–H and O–H groups in total. The van der Waals surface area contributed by atoms with Gasteiger partial charge >= 0.3 is 0 Å². The van der Waals surface area contributed by atoms with Crippen molar-refractivity contribution in [2.24, 2.45) is 0 Å². The standard InChI is InChI=1S/C20H24F2N6OS/c1-5-28(6-2)30-27-14-8-7-13(21)16(17(14)22)18(29)12-9-23-19-15(12)20(25-10-24-19)26-11(3)4/h7-11,27H,5-6H2,1-4H3,(H2,23,24,25,26). The predicted molar refractivity (Wildman–Crippen MR) is 117 cm³/mol. The largest absolute Gasteiger partial charge is 0.367 e.